The van der Waals surface area contributed by atoms with Crippen molar-refractivity contribution in [3.63, 3.8) is 0 Å². The van der Waals surface area contributed by atoms with Gasteiger partial charge in [-0.1, -0.05) is 11.6 Å². The first-order valence-electron chi connectivity index (χ1n) is 9.95. The fraction of sp³-hybridized carbons (Fsp3) is 0.273. The second kappa shape index (κ2) is 10.6. The molecule has 0 saturated heterocycles. The number of ether oxygens (including phenoxy) is 2. The summed E-state index contributed by atoms with van der Waals surface area (Å²) in [5.41, 5.74) is 2.61. The average molecular weight is 476 g/mol. The summed E-state index contributed by atoms with van der Waals surface area (Å²) in [5, 5.41) is 4.98. The molecule has 170 valence electrons. The molecule has 0 spiro atoms. The van der Waals surface area contributed by atoms with Crippen LogP contribution in [0.3, 0.4) is 0 Å². The van der Waals surface area contributed by atoms with E-state index < -0.39 is 10.0 Å². The number of carbonyl (C=O) groups is 1. The molecule has 0 radical (unpaired) electrons. The van der Waals surface area contributed by atoms with Crippen LogP contribution in [0.4, 0.5) is 5.13 Å². The van der Waals surface area contributed by atoms with Crippen molar-refractivity contribution in [3.8, 4) is 22.8 Å². The van der Waals surface area contributed by atoms with Gasteiger partial charge in [0.1, 0.15) is 11.5 Å². The van der Waals surface area contributed by atoms with Crippen LogP contribution in [-0.4, -0.2) is 39.6 Å². The number of thiazole rings is 1. The lowest BCUT2D eigenvalue weighted by Gasteiger charge is -2.08. The van der Waals surface area contributed by atoms with Crippen molar-refractivity contribution in [1.29, 1.82) is 0 Å². The maximum absolute atomic E-state index is 12.4. The van der Waals surface area contributed by atoms with Crippen LogP contribution in [0.5, 0.6) is 11.5 Å². The number of methoxy groups -OCH3 is 1. The van der Waals surface area contributed by atoms with Gasteiger partial charge in [0, 0.05) is 23.9 Å². The summed E-state index contributed by atoms with van der Waals surface area (Å²) in [6, 6.07) is 11.9. The van der Waals surface area contributed by atoms with Crippen LogP contribution in [0.2, 0.25) is 0 Å². The van der Waals surface area contributed by atoms with Gasteiger partial charge < -0.3 is 14.8 Å². The predicted molar refractivity (Wildman–Crippen MR) is 125 cm³/mol. The third kappa shape index (κ3) is 6.06. The summed E-state index contributed by atoms with van der Waals surface area (Å²) in [6.45, 7) is 4.29. The molecular formula is C22H25N3O5S2. The molecule has 0 bridgehead atoms. The van der Waals surface area contributed by atoms with E-state index in [1.54, 1.807) is 19.2 Å². The average Bonchev–Trinajstić information content (AvgIpc) is 3.22. The number of hydrogen-bond donors (Lipinski definition) is 2. The monoisotopic (exact) mass is 475 g/mol. The Bertz CT molecular complexity index is 1170. The van der Waals surface area contributed by atoms with Gasteiger partial charge in [0.25, 0.3) is 0 Å². The maximum atomic E-state index is 12.4. The van der Waals surface area contributed by atoms with E-state index in [1.165, 1.54) is 23.5 Å². The molecule has 3 aromatic rings. The minimum atomic E-state index is -3.72. The van der Waals surface area contributed by atoms with Crippen molar-refractivity contribution in [3.05, 3.63) is 53.4 Å². The normalized spacial score (nSPS) is 11.2. The smallest absolute Gasteiger partial charge is 0.240 e. The molecule has 0 aliphatic carbocycles. The molecule has 0 saturated carbocycles. The van der Waals surface area contributed by atoms with E-state index in [2.05, 4.69) is 15.0 Å². The number of hydrogen-bond acceptors (Lipinski definition) is 7. The molecule has 10 heteroatoms. The fourth-order valence-corrected chi connectivity index (χ4v) is 4.68. The second-order valence-corrected chi connectivity index (χ2v) is 9.47. The second-order valence-electron chi connectivity index (χ2n) is 6.84. The quantitative estimate of drug-likeness (QED) is 0.462. The largest absolute Gasteiger partial charge is 0.496 e. The highest BCUT2D eigenvalue weighted by Crippen LogP contribution is 2.33. The van der Waals surface area contributed by atoms with Gasteiger partial charge in [0.15, 0.2) is 5.13 Å². The lowest BCUT2D eigenvalue weighted by atomic mass is 10.1. The number of anilines is 1. The number of aromatic nitrogens is 1. The van der Waals surface area contributed by atoms with Gasteiger partial charge in [-0.25, -0.2) is 18.1 Å². The topological polar surface area (TPSA) is 107 Å². The van der Waals surface area contributed by atoms with Crippen LogP contribution in [0.15, 0.2) is 52.7 Å². The zero-order valence-corrected chi connectivity index (χ0v) is 19.7. The van der Waals surface area contributed by atoms with Gasteiger partial charge >= 0.3 is 0 Å². The highest BCUT2D eigenvalue weighted by atomic mass is 32.2. The van der Waals surface area contributed by atoms with Crippen LogP contribution in [-0.2, 0) is 14.8 Å². The van der Waals surface area contributed by atoms with E-state index in [0.717, 1.165) is 11.1 Å². The standard InChI is InChI=1S/C22H25N3O5S2/c1-4-30-16-6-8-17(9-7-16)32(27,28)23-12-11-21(26)25-22-24-19(14-31-22)18-13-15(2)5-10-20(18)29-3/h5-10,13-14,23H,4,11-12H2,1-3H3,(H,24,25,26). The molecule has 2 aromatic carbocycles. The summed E-state index contributed by atoms with van der Waals surface area (Å²) in [6.07, 6.45) is -0.0288. The Morgan fingerprint density at radius 1 is 1.16 bits per heavy atom. The van der Waals surface area contributed by atoms with E-state index in [9.17, 15) is 13.2 Å². The number of rotatable bonds is 10. The number of nitrogens with one attached hydrogen (secondary N) is 2. The lowest BCUT2D eigenvalue weighted by Crippen LogP contribution is -2.27. The highest BCUT2D eigenvalue weighted by Gasteiger charge is 2.16. The molecule has 0 aliphatic rings. The molecule has 32 heavy (non-hydrogen) atoms. The van der Waals surface area contributed by atoms with Crippen molar-refractivity contribution in [1.82, 2.24) is 9.71 Å². The van der Waals surface area contributed by atoms with E-state index in [4.69, 9.17) is 9.47 Å². The van der Waals surface area contributed by atoms with Crippen molar-refractivity contribution < 1.29 is 22.7 Å². The molecule has 0 fully saturated rings. The van der Waals surface area contributed by atoms with Crippen LogP contribution < -0.4 is 19.5 Å². The summed E-state index contributed by atoms with van der Waals surface area (Å²) in [7, 11) is -2.12. The van der Waals surface area contributed by atoms with E-state index >= 15 is 0 Å². The molecule has 2 N–H and O–H groups in total. The van der Waals surface area contributed by atoms with Gasteiger partial charge in [0.2, 0.25) is 15.9 Å². The summed E-state index contributed by atoms with van der Waals surface area (Å²) < 4.78 is 37.9. The van der Waals surface area contributed by atoms with Crippen LogP contribution in [0, 0.1) is 6.92 Å². The van der Waals surface area contributed by atoms with E-state index in [0.29, 0.717) is 28.9 Å². The SMILES string of the molecule is CCOc1ccc(S(=O)(=O)NCCC(=O)Nc2nc(-c3cc(C)ccc3OC)cs2)cc1. The number of nitrogens with zero attached hydrogens (tertiary/aromatic N) is 1. The van der Waals surface area contributed by atoms with Crippen LogP contribution in [0.25, 0.3) is 11.3 Å². The van der Waals surface area contributed by atoms with Crippen molar-refractivity contribution in [2.24, 2.45) is 0 Å². The summed E-state index contributed by atoms with van der Waals surface area (Å²) in [5.74, 6) is 0.955. The molecule has 0 aliphatic heterocycles. The molecule has 1 amide bonds. The van der Waals surface area contributed by atoms with Gasteiger partial charge in [-0.3, -0.25) is 4.79 Å². The minimum absolute atomic E-state index is 0.0288. The Morgan fingerprint density at radius 2 is 1.91 bits per heavy atom. The third-order valence-corrected chi connectivity index (χ3v) is 6.71. The Labute approximate surface area is 191 Å². The zero-order chi connectivity index (χ0) is 23.1. The number of amides is 1. The van der Waals surface area contributed by atoms with Crippen molar-refractivity contribution in [2.45, 2.75) is 25.2 Å². The Hall–Kier alpha value is -2.95. The molecule has 1 aromatic heterocycles. The first kappa shape index (κ1) is 23.7. The molecule has 0 atom stereocenters. The van der Waals surface area contributed by atoms with Gasteiger partial charge in [-0.05, 0) is 50.2 Å². The van der Waals surface area contributed by atoms with Crippen molar-refractivity contribution in [2.75, 3.05) is 25.6 Å². The Balaban J connectivity index is 1.55. The summed E-state index contributed by atoms with van der Waals surface area (Å²) >= 11 is 1.29. The number of sulfonamides is 1. The number of benzene rings is 2. The van der Waals surface area contributed by atoms with Crippen molar-refractivity contribution >= 4 is 32.4 Å². The lowest BCUT2D eigenvalue weighted by molar-refractivity contribution is -0.116. The van der Waals surface area contributed by atoms with Gasteiger partial charge in [-0.15, -0.1) is 11.3 Å². The first-order chi connectivity index (χ1) is 15.3. The molecule has 0 unspecified atom stereocenters. The third-order valence-electron chi connectivity index (χ3n) is 4.47. The van der Waals surface area contributed by atoms with E-state index in [-0.39, 0.29) is 23.8 Å². The first-order valence-corrected chi connectivity index (χ1v) is 12.3. The maximum Gasteiger partial charge on any atom is 0.240 e. The molecule has 8 nitrogen and oxygen atoms in total. The van der Waals surface area contributed by atoms with Gasteiger partial charge in [0.05, 0.1) is 24.3 Å². The Kier molecular flexibility index (Phi) is 7.84. The van der Waals surface area contributed by atoms with E-state index in [1.807, 2.05) is 37.4 Å². The predicted octanol–water partition coefficient (Wildman–Crippen LogP) is 3.83. The highest BCUT2D eigenvalue weighted by molar-refractivity contribution is 7.89. The molecule has 1 heterocycles. The number of aryl methyl sites for hydroxylation is 1. The molecule has 3 rings (SSSR count). The minimum Gasteiger partial charge on any atom is -0.496 e. The Morgan fingerprint density at radius 3 is 2.59 bits per heavy atom. The molecular weight excluding hydrogens is 450 g/mol. The fourth-order valence-electron chi connectivity index (χ4n) is 2.92. The van der Waals surface area contributed by atoms with Crippen LogP contribution in [0.1, 0.15) is 18.9 Å². The van der Waals surface area contributed by atoms with Crippen LogP contribution >= 0.6 is 11.3 Å². The van der Waals surface area contributed by atoms with Gasteiger partial charge in [-0.2, -0.15) is 0 Å². The zero-order valence-electron chi connectivity index (χ0n) is 18.0. The summed E-state index contributed by atoms with van der Waals surface area (Å²) in [4.78, 5) is 16.8. The number of carbonyl (C=O) groups excluding carboxylic acids is 1.